The summed E-state index contributed by atoms with van der Waals surface area (Å²) >= 11 is 0. The van der Waals surface area contributed by atoms with Crippen molar-refractivity contribution in [3.05, 3.63) is 18.2 Å². The molecule has 1 aliphatic carbocycles. The molecule has 1 saturated carbocycles. The average Bonchev–Trinajstić information content (AvgIpc) is 2.95. The Morgan fingerprint density at radius 3 is 2.87 bits per heavy atom. The maximum absolute atomic E-state index is 5.82. The van der Waals surface area contributed by atoms with Gasteiger partial charge in [-0.1, -0.05) is 0 Å². The molecule has 0 amide bonds. The second-order valence-electron chi connectivity index (χ2n) is 4.55. The molecule has 84 valence electrons. The van der Waals surface area contributed by atoms with E-state index in [-0.39, 0.29) is 0 Å². The van der Waals surface area contributed by atoms with Crippen LogP contribution in [0.3, 0.4) is 0 Å². The zero-order valence-corrected chi connectivity index (χ0v) is 9.56. The number of imidazole rings is 1. The second-order valence-corrected chi connectivity index (χ2v) is 4.55. The Morgan fingerprint density at radius 2 is 2.40 bits per heavy atom. The van der Waals surface area contributed by atoms with Crippen molar-refractivity contribution in [2.75, 3.05) is 13.6 Å². The van der Waals surface area contributed by atoms with E-state index in [1.165, 1.54) is 18.5 Å². The first kappa shape index (κ1) is 10.6. The quantitative estimate of drug-likeness (QED) is 0.770. The van der Waals surface area contributed by atoms with Crippen LogP contribution in [0.15, 0.2) is 12.5 Å². The molecule has 1 aromatic rings. The molecule has 0 radical (unpaired) electrons. The molecule has 1 atom stereocenters. The first-order chi connectivity index (χ1) is 7.22. The van der Waals surface area contributed by atoms with Crippen molar-refractivity contribution in [3.63, 3.8) is 0 Å². The Hall–Kier alpha value is -0.870. The van der Waals surface area contributed by atoms with Crippen LogP contribution in [0.1, 0.15) is 18.5 Å². The lowest BCUT2D eigenvalue weighted by Gasteiger charge is -2.26. The number of aryl methyl sites for hydroxylation is 1. The molecule has 0 saturated heterocycles. The van der Waals surface area contributed by atoms with Gasteiger partial charge in [-0.25, -0.2) is 4.98 Å². The number of likely N-dealkylation sites (N-methyl/N-ethyl adjacent to an activating group) is 1. The van der Waals surface area contributed by atoms with Crippen LogP contribution in [0.25, 0.3) is 0 Å². The van der Waals surface area contributed by atoms with E-state index in [4.69, 9.17) is 5.73 Å². The van der Waals surface area contributed by atoms with Crippen molar-refractivity contribution >= 4 is 0 Å². The van der Waals surface area contributed by atoms with Gasteiger partial charge in [0.15, 0.2) is 0 Å². The topological polar surface area (TPSA) is 47.1 Å². The molecule has 2 N–H and O–H groups in total. The Balaban J connectivity index is 1.95. The number of rotatable bonds is 5. The first-order valence-corrected chi connectivity index (χ1v) is 5.58. The van der Waals surface area contributed by atoms with E-state index in [0.717, 1.165) is 19.0 Å². The standard InChI is InChI=1S/C11H20N4/c1-14(11(5-12)9-3-4-9)7-10-6-13-8-15(10)2/h6,8-9,11H,3-5,7,12H2,1-2H3. The van der Waals surface area contributed by atoms with Gasteiger partial charge in [-0.15, -0.1) is 0 Å². The minimum atomic E-state index is 0.542. The van der Waals surface area contributed by atoms with Gasteiger partial charge < -0.3 is 10.3 Å². The van der Waals surface area contributed by atoms with Crippen molar-refractivity contribution in [1.82, 2.24) is 14.5 Å². The molecule has 0 aliphatic heterocycles. The summed E-state index contributed by atoms with van der Waals surface area (Å²) in [7, 11) is 4.19. The van der Waals surface area contributed by atoms with Gasteiger partial charge in [-0.2, -0.15) is 0 Å². The fourth-order valence-corrected chi connectivity index (χ4v) is 2.12. The van der Waals surface area contributed by atoms with Gasteiger partial charge in [-0.05, 0) is 25.8 Å². The summed E-state index contributed by atoms with van der Waals surface area (Å²) < 4.78 is 2.07. The van der Waals surface area contributed by atoms with Crippen molar-refractivity contribution in [2.24, 2.45) is 18.7 Å². The molecule has 0 spiro atoms. The van der Waals surface area contributed by atoms with E-state index in [1.807, 2.05) is 19.6 Å². The highest BCUT2D eigenvalue weighted by Crippen LogP contribution is 2.34. The smallest absolute Gasteiger partial charge is 0.0945 e. The lowest BCUT2D eigenvalue weighted by molar-refractivity contribution is 0.211. The van der Waals surface area contributed by atoms with Gasteiger partial charge >= 0.3 is 0 Å². The van der Waals surface area contributed by atoms with Crippen LogP contribution >= 0.6 is 0 Å². The lowest BCUT2D eigenvalue weighted by Crippen LogP contribution is -2.39. The van der Waals surface area contributed by atoms with Crippen LogP contribution in [0.5, 0.6) is 0 Å². The molecule has 1 aromatic heterocycles. The fraction of sp³-hybridized carbons (Fsp3) is 0.727. The van der Waals surface area contributed by atoms with E-state index in [2.05, 4.69) is 21.5 Å². The summed E-state index contributed by atoms with van der Waals surface area (Å²) in [5, 5.41) is 0. The zero-order chi connectivity index (χ0) is 10.8. The third-order valence-electron chi connectivity index (χ3n) is 3.30. The van der Waals surface area contributed by atoms with E-state index in [9.17, 15) is 0 Å². The maximum atomic E-state index is 5.82. The predicted octanol–water partition coefficient (Wildman–Crippen LogP) is 0.589. The van der Waals surface area contributed by atoms with Gasteiger partial charge in [0.2, 0.25) is 0 Å². The van der Waals surface area contributed by atoms with Gasteiger partial charge in [0, 0.05) is 32.4 Å². The molecule has 15 heavy (non-hydrogen) atoms. The molecule has 2 rings (SSSR count). The molecule has 1 unspecified atom stereocenters. The fourth-order valence-electron chi connectivity index (χ4n) is 2.12. The number of nitrogens with two attached hydrogens (primary N) is 1. The Morgan fingerprint density at radius 1 is 1.67 bits per heavy atom. The van der Waals surface area contributed by atoms with Crippen molar-refractivity contribution < 1.29 is 0 Å². The minimum absolute atomic E-state index is 0.542. The summed E-state index contributed by atoms with van der Waals surface area (Å²) in [6.07, 6.45) is 6.46. The van der Waals surface area contributed by atoms with Crippen LogP contribution in [0.2, 0.25) is 0 Å². The van der Waals surface area contributed by atoms with Gasteiger partial charge in [-0.3, -0.25) is 4.90 Å². The summed E-state index contributed by atoms with van der Waals surface area (Å²) in [4.78, 5) is 6.48. The molecule has 1 fully saturated rings. The Bertz CT molecular complexity index is 316. The zero-order valence-electron chi connectivity index (χ0n) is 9.56. The van der Waals surface area contributed by atoms with Crippen LogP contribution in [-0.4, -0.2) is 34.1 Å². The van der Waals surface area contributed by atoms with E-state index >= 15 is 0 Å². The van der Waals surface area contributed by atoms with Gasteiger partial charge in [0.1, 0.15) is 0 Å². The number of nitrogens with zero attached hydrogens (tertiary/aromatic N) is 3. The summed E-state index contributed by atoms with van der Waals surface area (Å²) in [5.74, 6) is 0.827. The monoisotopic (exact) mass is 208 g/mol. The third-order valence-corrected chi connectivity index (χ3v) is 3.30. The van der Waals surface area contributed by atoms with Crippen molar-refractivity contribution in [3.8, 4) is 0 Å². The van der Waals surface area contributed by atoms with E-state index in [0.29, 0.717) is 6.04 Å². The number of hydrogen-bond donors (Lipinski definition) is 1. The first-order valence-electron chi connectivity index (χ1n) is 5.58. The Labute approximate surface area is 91.1 Å². The van der Waals surface area contributed by atoms with Crippen molar-refractivity contribution in [1.29, 1.82) is 0 Å². The van der Waals surface area contributed by atoms with Gasteiger partial charge in [0.05, 0.1) is 12.0 Å². The summed E-state index contributed by atoms with van der Waals surface area (Å²) in [6.45, 7) is 1.70. The van der Waals surface area contributed by atoms with E-state index in [1.54, 1.807) is 0 Å². The lowest BCUT2D eigenvalue weighted by atomic mass is 10.1. The van der Waals surface area contributed by atoms with Crippen LogP contribution < -0.4 is 5.73 Å². The predicted molar refractivity (Wildman–Crippen MR) is 60.2 cm³/mol. The normalized spacial score (nSPS) is 18.4. The second kappa shape index (κ2) is 4.33. The molecule has 0 bridgehead atoms. The molecular weight excluding hydrogens is 188 g/mol. The van der Waals surface area contributed by atoms with Crippen LogP contribution in [0, 0.1) is 5.92 Å². The summed E-state index contributed by atoms with van der Waals surface area (Å²) in [5.41, 5.74) is 7.06. The molecule has 0 aromatic carbocycles. The average molecular weight is 208 g/mol. The van der Waals surface area contributed by atoms with Crippen molar-refractivity contribution in [2.45, 2.75) is 25.4 Å². The van der Waals surface area contributed by atoms with Gasteiger partial charge in [0.25, 0.3) is 0 Å². The van der Waals surface area contributed by atoms with Crippen LogP contribution in [-0.2, 0) is 13.6 Å². The van der Waals surface area contributed by atoms with Crippen LogP contribution in [0.4, 0.5) is 0 Å². The minimum Gasteiger partial charge on any atom is -0.337 e. The highest BCUT2D eigenvalue weighted by Gasteiger charge is 2.32. The molecule has 1 aliphatic rings. The summed E-state index contributed by atoms with van der Waals surface area (Å²) in [6, 6.07) is 0.542. The highest BCUT2D eigenvalue weighted by molar-refractivity contribution is 4.99. The molecular formula is C11H20N4. The Kier molecular flexibility index (Phi) is 3.07. The largest absolute Gasteiger partial charge is 0.337 e. The molecule has 4 nitrogen and oxygen atoms in total. The number of aromatic nitrogens is 2. The molecule has 4 heteroatoms. The maximum Gasteiger partial charge on any atom is 0.0945 e. The molecule has 1 heterocycles. The highest BCUT2D eigenvalue weighted by atomic mass is 15.2. The SMILES string of the molecule is CN(Cc1cncn1C)C(CN)C1CC1. The third kappa shape index (κ3) is 2.38. The number of hydrogen-bond acceptors (Lipinski definition) is 3. The van der Waals surface area contributed by atoms with E-state index < -0.39 is 0 Å².